The third-order valence-electron chi connectivity index (χ3n) is 4.18. The third kappa shape index (κ3) is 5.66. The average Bonchev–Trinajstić information content (AvgIpc) is 2.74. The summed E-state index contributed by atoms with van der Waals surface area (Å²) in [6, 6.07) is 14.1. The van der Waals surface area contributed by atoms with Crippen molar-refractivity contribution in [3.8, 4) is 0 Å². The number of nitro benzene ring substituents is 1. The Morgan fingerprint density at radius 2 is 1.78 bits per heavy atom. The fourth-order valence-corrected chi connectivity index (χ4v) is 4.95. The van der Waals surface area contributed by atoms with Gasteiger partial charge in [0.15, 0.2) is 0 Å². The summed E-state index contributed by atoms with van der Waals surface area (Å²) in [4.78, 5) is 22.1. The molecular formula is C20H13Br2ClN2O6S. The minimum atomic E-state index is -4.20. The van der Waals surface area contributed by atoms with E-state index in [0.717, 1.165) is 32.7 Å². The van der Waals surface area contributed by atoms with Crippen molar-refractivity contribution < 1.29 is 22.9 Å². The van der Waals surface area contributed by atoms with Gasteiger partial charge in [0.1, 0.15) is 11.5 Å². The highest BCUT2D eigenvalue weighted by molar-refractivity contribution is 9.13. The molecular weight excluding hydrogens is 592 g/mol. The van der Waals surface area contributed by atoms with Crippen molar-refractivity contribution in [1.82, 2.24) is 0 Å². The van der Waals surface area contributed by atoms with Gasteiger partial charge in [0.05, 0.1) is 15.5 Å². The van der Waals surface area contributed by atoms with E-state index in [1.165, 1.54) is 24.3 Å². The first-order valence-electron chi connectivity index (χ1n) is 8.75. The average molecular weight is 605 g/mol. The summed E-state index contributed by atoms with van der Waals surface area (Å²) in [5.74, 6) is -0.590. The second-order valence-corrected chi connectivity index (χ2v) is 10.0. The smallest absolute Gasteiger partial charge is 0.338 e. The minimum absolute atomic E-state index is 0.0402. The molecule has 0 unspecified atom stereocenters. The molecule has 0 heterocycles. The van der Waals surface area contributed by atoms with Gasteiger partial charge in [-0.2, -0.15) is 0 Å². The molecule has 0 saturated heterocycles. The summed E-state index contributed by atoms with van der Waals surface area (Å²) < 4.78 is 34.4. The molecule has 3 aromatic rings. The number of benzene rings is 3. The maximum Gasteiger partial charge on any atom is 0.338 e. The number of anilines is 1. The van der Waals surface area contributed by atoms with E-state index in [2.05, 4.69) is 36.6 Å². The molecule has 0 atom stereocenters. The molecule has 0 spiro atoms. The molecule has 166 valence electrons. The zero-order valence-corrected chi connectivity index (χ0v) is 20.7. The van der Waals surface area contributed by atoms with Gasteiger partial charge < -0.3 is 4.74 Å². The topological polar surface area (TPSA) is 116 Å². The Bertz CT molecular complexity index is 1300. The maximum atomic E-state index is 12.6. The normalized spacial score (nSPS) is 11.1. The number of ether oxygens (including phenoxy) is 1. The van der Waals surface area contributed by atoms with Crippen LogP contribution >= 0.6 is 43.5 Å². The van der Waals surface area contributed by atoms with E-state index in [1.807, 2.05) is 12.1 Å². The van der Waals surface area contributed by atoms with Gasteiger partial charge in [0, 0.05) is 32.3 Å². The van der Waals surface area contributed by atoms with Crippen molar-refractivity contribution in [2.75, 3.05) is 4.72 Å². The van der Waals surface area contributed by atoms with Gasteiger partial charge in [-0.15, -0.1) is 0 Å². The molecule has 0 radical (unpaired) electrons. The zero-order chi connectivity index (χ0) is 23.5. The number of sulfonamides is 1. The van der Waals surface area contributed by atoms with Gasteiger partial charge in [0.2, 0.25) is 0 Å². The number of non-ortho nitro benzene ring substituents is 1. The van der Waals surface area contributed by atoms with Gasteiger partial charge in [-0.1, -0.05) is 23.7 Å². The highest BCUT2D eigenvalue weighted by Gasteiger charge is 2.22. The highest BCUT2D eigenvalue weighted by Crippen LogP contribution is 2.29. The van der Waals surface area contributed by atoms with Crippen LogP contribution in [0.5, 0.6) is 0 Å². The summed E-state index contributed by atoms with van der Waals surface area (Å²) in [7, 11) is -4.20. The summed E-state index contributed by atoms with van der Waals surface area (Å²) in [5, 5.41) is 10.8. The lowest BCUT2D eigenvalue weighted by Gasteiger charge is -2.11. The van der Waals surface area contributed by atoms with Crippen LogP contribution in [0.15, 0.2) is 74.5 Å². The fraction of sp³-hybridized carbons (Fsp3) is 0.0500. The van der Waals surface area contributed by atoms with Crippen molar-refractivity contribution >= 4 is 70.8 Å². The van der Waals surface area contributed by atoms with Crippen LogP contribution < -0.4 is 4.72 Å². The summed E-state index contributed by atoms with van der Waals surface area (Å²) in [6.07, 6.45) is 0. The molecule has 3 rings (SSSR count). The lowest BCUT2D eigenvalue weighted by Crippen LogP contribution is -2.14. The molecule has 12 heteroatoms. The van der Waals surface area contributed by atoms with Gasteiger partial charge in [-0.25, -0.2) is 13.2 Å². The first-order valence-corrected chi connectivity index (χ1v) is 12.2. The molecule has 0 fully saturated rings. The van der Waals surface area contributed by atoms with Crippen molar-refractivity contribution in [3.05, 3.63) is 95.9 Å². The van der Waals surface area contributed by atoms with Gasteiger partial charge in [0.25, 0.3) is 15.7 Å². The number of halogens is 3. The second-order valence-electron chi connectivity index (χ2n) is 6.34. The molecule has 0 aliphatic carbocycles. The van der Waals surface area contributed by atoms with E-state index >= 15 is 0 Å². The first kappa shape index (κ1) is 24.2. The van der Waals surface area contributed by atoms with Crippen LogP contribution in [0.2, 0.25) is 5.02 Å². The molecule has 0 aliphatic rings. The molecule has 0 saturated carbocycles. The maximum absolute atomic E-state index is 12.6. The number of nitrogens with one attached hydrogen (secondary N) is 1. The molecule has 0 bridgehead atoms. The SMILES string of the molecule is O=C(OCc1cccc(Br)c1Br)c1ccc(NS(=O)(=O)c2cc([N+](=O)[O-])ccc2Cl)cc1. The van der Waals surface area contributed by atoms with Crippen molar-refractivity contribution in [1.29, 1.82) is 0 Å². The predicted molar refractivity (Wildman–Crippen MR) is 126 cm³/mol. The van der Waals surface area contributed by atoms with E-state index in [1.54, 1.807) is 6.07 Å². The number of carbonyl (C=O) groups is 1. The number of hydrogen-bond donors (Lipinski definition) is 1. The Morgan fingerprint density at radius 3 is 2.44 bits per heavy atom. The number of rotatable bonds is 7. The van der Waals surface area contributed by atoms with E-state index in [-0.39, 0.29) is 22.9 Å². The fourth-order valence-electron chi connectivity index (χ4n) is 2.58. The monoisotopic (exact) mass is 602 g/mol. The Labute approximate surface area is 205 Å². The summed E-state index contributed by atoms with van der Waals surface area (Å²) in [5.41, 5.74) is 0.710. The van der Waals surface area contributed by atoms with E-state index in [0.29, 0.717) is 0 Å². The van der Waals surface area contributed by atoms with Crippen LogP contribution in [0.3, 0.4) is 0 Å². The number of esters is 1. The van der Waals surface area contributed by atoms with E-state index < -0.39 is 31.5 Å². The van der Waals surface area contributed by atoms with Crippen LogP contribution in [0, 0.1) is 10.1 Å². The van der Waals surface area contributed by atoms with Crippen LogP contribution in [0.1, 0.15) is 15.9 Å². The third-order valence-corrected chi connectivity index (χ3v) is 8.17. The number of nitro groups is 1. The van der Waals surface area contributed by atoms with E-state index in [9.17, 15) is 23.3 Å². The molecule has 0 amide bonds. The number of nitrogens with zero attached hydrogens (tertiary/aromatic N) is 1. The molecule has 1 N–H and O–H groups in total. The first-order chi connectivity index (χ1) is 15.1. The van der Waals surface area contributed by atoms with Crippen LogP contribution in [-0.2, 0) is 21.4 Å². The second kappa shape index (κ2) is 9.99. The molecule has 32 heavy (non-hydrogen) atoms. The van der Waals surface area contributed by atoms with Crippen molar-refractivity contribution in [3.63, 3.8) is 0 Å². The minimum Gasteiger partial charge on any atom is -0.457 e. The zero-order valence-electron chi connectivity index (χ0n) is 15.9. The molecule has 0 aliphatic heterocycles. The van der Waals surface area contributed by atoms with Crippen LogP contribution in [0.4, 0.5) is 11.4 Å². The molecule has 0 aromatic heterocycles. The Balaban J connectivity index is 1.71. The van der Waals surface area contributed by atoms with Gasteiger partial charge in [-0.05, 0) is 68.3 Å². The predicted octanol–water partition coefficient (Wildman–Crippen LogP) is 5.93. The summed E-state index contributed by atoms with van der Waals surface area (Å²) in [6.45, 7) is 0.0402. The highest BCUT2D eigenvalue weighted by atomic mass is 79.9. The Kier molecular flexibility index (Phi) is 7.55. The largest absolute Gasteiger partial charge is 0.457 e. The lowest BCUT2D eigenvalue weighted by molar-refractivity contribution is -0.385. The Hall–Kier alpha value is -2.47. The van der Waals surface area contributed by atoms with Crippen LogP contribution in [-0.4, -0.2) is 19.3 Å². The van der Waals surface area contributed by atoms with Gasteiger partial charge in [-0.3, -0.25) is 14.8 Å². The lowest BCUT2D eigenvalue weighted by atomic mass is 10.2. The summed E-state index contributed by atoms with van der Waals surface area (Å²) >= 11 is 12.7. The molecule has 8 nitrogen and oxygen atoms in total. The number of carbonyl (C=O) groups excluding carboxylic acids is 1. The number of hydrogen-bond acceptors (Lipinski definition) is 6. The van der Waals surface area contributed by atoms with Crippen LogP contribution in [0.25, 0.3) is 0 Å². The van der Waals surface area contributed by atoms with Crippen molar-refractivity contribution in [2.45, 2.75) is 11.5 Å². The van der Waals surface area contributed by atoms with Gasteiger partial charge >= 0.3 is 5.97 Å². The Morgan fingerprint density at radius 1 is 1.09 bits per heavy atom. The molecule has 3 aromatic carbocycles. The standard InChI is InChI=1S/C20H13Br2ClN2O6S/c21-16-3-1-2-13(19(16)22)11-31-20(26)12-4-6-14(7-5-12)24-32(29,30)18-10-15(25(27)28)8-9-17(18)23/h1-10,24H,11H2. The van der Waals surface area contributed by atoms with E-state index in [4.69, 9.17) is 16.3 Å². The quantitative estimate of drug-likeness (QED) is 0.203. The van der Waals surface area contributed by atoms with Crippen molar-refractivity contribution in [2.24, 2.45) is 0 Å².